The average molecular weight is 305 g/mol. The van der Waals surface area contributed by atoms with Crippen LogP contribution in [0.5, 0.6) is 0 Å². The van der Waals surface area contributed by atoms with Crippen LogP contribution in [0.3, 0.4) is 0 Å². The van der Waals surface area contributed by atoms with E-state index in [1.54, 1.807) is 6.07 Å². The lowest BCUT2D eigenvalue weighted by Gasteiger charge is -2.36. The molecular formula is C13H18Cl2O2Si. The third-order valence-corrected chi connectivity index (χ3v) is 4.65. The van der Waals surface area contributed by atoms with Gasteiger partial charge in [-0.05, 0) is 43.6 Å². The van der Waals surface area contributed by atoms with Crippen molar-refractivity contribution in [3.63, 3.8) is 0 Å². The van der Waals surface area contributed by atoms with Gasteiger partial charge in [0.15, 0.2) is 9.04 Å². The molecule has 0 saturated heterocycles. The molecule has 1 aromatic carbocycles. The molecule has 0 aliphatic heterocycles. The molecule has 1 aliphatic rings. The van der Waals surface area contributed by atoms with Crippen LogP contribution in [0.4, 0.5) is 0 Å². The predicted octanol–water partition coefficient (Wildman–Crippen LogP) is 4.04. The van der Waals surface area contributed by atoms with E-state index in [1.807, 2.05) is 12.1 Å². The highest BCUT2D eigenvalue weighted by atomic mass is 35.5. The summed E-state index contributed by atoms with van der Waals surface area (Å²) in [7, 11) is -0.902. The molecule has 18 heavy (non-hydrogen) atoms. The van der Waals surface area contributed by atoms with Gasteiger partial charge in [-0.25, -0.2) is 0 Å². The van der Waals surface area contributed by atoms with Crippen LogP contribution in [0.1, 0.15) is 18.4 Å². The van der Waals surface area contributed by atoms with Crippen molar-refractivity contribution in [3.05, 3.63) is 33.8 Å². The van der Waals surface area contributed by atoms with Gasteiger partial charge in [-0.3, -0.25) is 0 Å². The van der Waals surface area contributed by atoms with Gasteiger partial charge in [-0.1, -0.05) is 29.3 Å². The Morgan fingerprint density at radius 2 is 1.89 bits per heavy atom. The van der Waals surface area contributed by atoms with Crippen LogP contribution >= 0.6 is 23.2 Å². The van der Waals surface area contributed by atoms with Gasteiger partial charge in [0.05, 0.1) is 22.8 Å². The number of benzene rings is 1. The predicted molar refractivity (Wildman–Crippen MR) is 78.0 cm³/mol. The summed E-state index contributed by atoms with van der Waals surface area (Å²) < 4.78 is 11.6. The van der Waals surface area contributed by atoms with Crippen LogP contribution in [-0.4, -0.2) is 21.2 Å². The molecule has 2 nitrogen and oxygen atoms in total. The first-order chi connectivity index (χ1) is 8.54. The molecule has 5 heteroatoms. The van der Waals surface area contributed by atoms with E-state index in [0.29, 0.717) is 28.9 Å². The molecule has 100 valence electrons. The largest absolute Gasteiger partial charge is 0.417 e. The van der Waals surface area contributed by atoms with Crippen LogP contribution in [0.15, 0.2) is 18.2 Å². The molecule has 0 heterocycles. The van der Waals surface area contributed by atoms with Crippen molar-refractivity contribution in [3.8, 4) is 0 Å². The van der Waals surface area contributed by atoms with Crippen LogP contribution < -0.4 is 0 Å². The molecule has 0 atom stereocenters. The van der Waals surface area contributed by atoms with Crippen molar-refractivity contribution in [2.45, 2.75) is 44.8 Å². The second-order valence-corrected chi connectivity index (χ2v) is 8.14. The monoisotopic (exact) mass is 304 g/mol. The molecular weight excluding hydrogens is 287 g/mol. The zero-order chi connectivity index (χ0) is 13.1. The molecule has 1 fully saturated rings. The molecule has 1 saturated carbocycles. The van der Waals surface area contributed by atoms with Crippen molar-refractivity contribution in [1.82, 2.24) is 0 Å². The summed E-state index contributed by atoms with van der Waals surface area (Å²) in [5.74, 6) is 0. The van der Waals surface area contributed by atoms with E-state index in [4.69, 9.17) is 32.4 Å². The second-order valence-electron chi connectivity index (χ2n) is 4.96. The third kappa shape index (κ3) is 3.97. The fourth-order valence-corrected chi connectivity index (χ4v) is 3.31. The van der Waals surface area contributed by atoms with E-state index in [2.05, 4.69) is 13.1 Å². The standard InChI is InChI=1S/C13H18Cl2O2Si/c1-18(2)17-11-6-10(7-11)16-8-9-3-4-12(14)13(15)5-9/h3-5,10-11,18H,6-8H2,1-2H3/t10-,11+. The van der Waals surface area contributed by atoms with E-state index >= 15 is 0 Å². The Morgan fingerprint density at radius 1 is 1.17 bits per heavy atom. The lowest BCUT2D eigenvalue weighted by Crippen LogP contribution is -2.39. The minimum atomic E-state index is -0.902. The zero-order valence-electron chi connectivity index (χ0n) is 10.7. The minimum absolute atomic E-state index is 0.331. The molecule has 0 N–H and O–H groups in total. The van der Waals surface area contributed by atoms with E-state index in [0.717, 1.165) is 18.4 Å². The summed E-state index contributed by atoms with van der Waals surface area (Å²) in [5.41, 5.74) is 1.06. The Kier molecular flexibility index (Phi) is 5.10. The Hall–Kier alpha value is -0.0631. The number of ether oxygens (including phenoxy) is 1. The van der Waals surface area contributed by atoms with E-state index in [9.17, 15) is 0 Å². The van der Waals surface area contributed by atoms with E-state index in [-0.39, 0.29) is 0 Å². The lowest BCUT2D eigenvalue weighted by molar-refractivity contribution is -0.0692. The fraction of sp³-hybridized carbons (Fsp3) is 0.538. The highest BCUT2D eigenvalue weighted by molar-refractivity contribution is 6.48. The maximum Gasteiger partial charge on any atom is 0.171 e. The normalized spacial score (nSPS) is 23.2. The average Bonchev–Trinajstić information content (AvgIpc) is 2.25. The van der Waals surface area contributed by atoms with E-state index in [1.165, 1.54) is 0 Å². The number of halogens is 2. The SMILES string of the molecule is C[SiH](C)O[C@H]1C[C@@H](OCc2ccc(Cl)c(Cl)c2)C1. The summed E-state index contributed by atoms with van der Waals surface area (Å²) in [6.45, 7) is 4.99. The van der Waals surface area contributed by atoms with Crippen molar-refractivity contribution < 1.29 is 9.16 Å². The molecule has 0 amide bonds. The van der Waals surface area contributed by atoms with Gasteiger partial charge < -0.3 is 9.16 Å². The van der Waals surface area contributed by atoms with Crippen molar-refractivity contribution in [2.24, 2.45) is 0 Å². The van der Waals surface area contributed by atoms with Crippen molar-refractivity contribution in [2.75, 3.05) is 0 Å². The van der Waals surface area contributed by atoms with Gasteiger partial charge >= 0.3 is 0 Å². The number of hydrogen-bond acceptors (Lipinski definition) is 2. The minimum Gasteiger partial charge on any atom is -0.417 e. The Bertz CT molecular complexity index is 406. The molecule has 0 aromatic heterocycles. The smallest absolute Gasteiger partial charge is 0.171 e. The van der Waals surface area contributed by atoms with E-state index < -0.39 is 9.04 Å². The molecule has 1 aromatic rings. The van der Waals surface area contributed by atoms with Crippen molar-refractivity contribution >= 4 is 32.2 Å². The molecule has 0 radical (unpaired) electrons. The summed E-state index contributed by atoms with van der Waals surface area (Å²) in [6.07, 6.45) is 2.80. The van der Waals surface area contributed by atoms with Crippen LogP contribution in [0.25, 0.3) is 0 Å². The summed E-state index contributed by atoms with van der Waals surface area (Å²) >= 11 is 11.8. The Morgan fingerprint density at radius 3 is 2.50 bits per heavy atom. The van der Waals surface area contributed by atoms with Gasteiger partial charge in [0.25, 0.3) is 0 Å². The van der Waals surface area contributed by atoms with Crippen molar-refractivity contribution in [1.29, 1.82) is 0 Å². The van der Waals surface area contributed by atoms with Gasteiger partial charge in [0.2, 0.25) is 0 Å². The number of rotatable bonds is 5. The summed E-state index contributed by atoms with van der Waals surface area (Å²) in [6, 6.07) is 5.61. The molecule has 2 rings (SSSR count). The second kappa shape index (κ2) is 6.39. The maximum absolute atomic E-state index is 5.95. The summed E-state index contributed by atoms with van der Waals surface area (Å²) in [5, 5.41) is 1.16. The first-order valence-electron chi connectivity index (χ1n) is 6.25. The first kappa shape index (κ1) is 14.3. The van der Waals surface area contributed by atoms with Gasteiger partial charge in [-0.2, -0.15) is 0 Å². The quantitative estimate of drug-likeness (QED) is 0.764. The Balaban J connectivity index is 1.72. The first-order valence-corrected chi connectivity index (χ1v) is 9.79. The topological polar surface area (TPSA) is 18.5 Å². The zero-order valence-corrected chi connectivity index (χ0v) is 13.3. The van der Waals surface area contributed by atoms with Gasteiger partial charge in [0.1, 0.15) is 0 Å². The van der Waals surface area contributed by atoms with Crippen LogP contribution in [0, 0.1) is 0 Å². The molecule has 1 aliphatic carbocycles. The Labute approximate surface area is 120 Å². The molecule has 0 unspecified atom stereocenters. The third-order valence-electron chi connectivity index (χ3n) is 2.99. The molecule has 0 spiro atoms. The highest BCUT2D eigenvalue weighted by Crippen LogP contribution is 2.28. The fourth-order valence-electron chi connectivity index (χ4n) is 1.99. The molecule has 0 bridgehead atoms. The van der Waals surface area contributed by atoms with Gasteiger partial charge in [-0.15, -0.1) is 0 Å². The number of hydrogen-bond donors (Lipinski definition) is 0. The van der Waals surface area contributed by atoms with Crippen LogP contribution in [0.2, 0.25) is 23.1 Å². The maximum atomic E-state index is 5.95. The van der Waals surface area contributed by atoms with Gasteiger partial charge in [0, 0.05) is 6.10 Å². The highest BCUT2D eigenvalue weighted by Gasteiger charge is 2.30. The summed E-state index contributed by atoms with van der Waals surface area (Å²) in [4.78, 5) is 0. The van der Waals surface area contributed by atoms with Crippen LogP contribution in [-0.2, 0) is 15.8 Å². The lowest BCUT2D eigenvalue weighted by atomic mass is 9.92.